The summed E-state index contributed by atoms with van der Waals surface area (Å²) in [6.07, 6.45) is 0. The van der Waals surface area contributed by atoms with E-state index >= 15 is 0 Å². The van der Waals surface area contributed by atoms with Crippen molar-refractivity contribution in [3.8, 4) is 11.5 Å². The first-order valence-electron chi connectivity index (χ1n) is 6.28. The maximum absolute atomic E-state index is 5.93. The molecule has 2 rings (SSSR count). The molecule has 2 aromatic rings. The Hall–Kier alpha value is -1.84. The summed E-state index contributed by atoms with van der Waals surface area (Å²) in [6.45, 7) is 3.08. The highest BCUT2D eigenvalue weighted by molar-refractivity contribution is 5.41. The minimum atomic E-state index is 0.466. The fraction of sp³-hybridized carbons (Fsp3) is 0.250. The Morgan fingerprint density at radius 3 is 2.68 bits per heavy atom. The number of ether oxygens (including phenoxy) is 2. The van der Waals surface area contributed by atoms with Gasteiger partial charge >= 0.3 is 0 Å². The van der Waals surface area contributed by atoms with Crippen LogP contribution in [-0.2, 0) is 17.9 Å². The van der Waals surface area contributed by atoms with E-state index in [1.165, 1.54) is 0 Å². The highest BCUT2D eigenvalue weighted by Crippen LogP contribution is 2.27. The first-order chi connectivity index (χ1) is 9.22. The molecule has 0 aliphatic heterocycles. The summed E-state index contributed by atoms with van der Waals surface area (Å²) < 4.78 is 11.1. The lowest BCUT2D eigenvalue weighted by atomic mass is 10.1. The Morgan fingerprint density at radius 2 is 1.95 bits per heavy atom. The Bertz CT molecular complexity index is 552. The summed E-state index contributed by atoms with van der Waals surface area (Å²) in [7, 11) is 1.68. The second-order valence-electron chi connectivity index (χ2n) is 4.50. The topological polar surface area (TPSA) is 44.5 Å². The van der Waals surface area contributed by atoms with Gasteiger partial charge in [-0.2, -0.15) is 0 Å². The van der Waals surface area contributed by atoms with E-state index in [1.54, 1.807) is 7.11 Å². The normalized spacial score (nSPS) is 10.5. The van der Waals surface area contributed by atoms with Gasteiger partial charge in [0.2, 0.25) is 0 Å². The number of hydrogen-bond donors (Lipinski definition) is 1. The van der Waals surface area contributed by atoms with Gasteiger partial charge in [-0.3, -0.25) is 0 Å². The van der Waals surface area contributed by atoms with Gasteiger partial charge in [0, 0.05) is 19.2 Å². The molecule has 0 aliphatic carbocycles. The highest BCUT2D eigenvalue weighted by Gasteiger charge is 2.05. The lowest BCUT2D eigenvalue weighted by Crippen LogP contribution is -2.00. The molecular formula is C16H19NO2. The molecule has 0 aromatic heterocycles. The molecule has 0 fully saturated rings. The van der Waals surface area contributed by atoms with Crippen LogP contribution >= 0.6 is 0 Å². The number of nitrogens with two attached hydrogens (primary N) is 1. The van der Waals surface area contributed by atoms with Crippen molar-refractivity contribution < 1.29 is 9.47 Å². The molecule has 0 aliphatic rings. The molecule has 3 heteroatoms. The van der Waals surface area contributed by atoms with Crippen LogP contribution in [0.3, 0.4) is 0 Å². The zero-order chi connectivity index (χ0) is 13.7. The molecule has 0 unspecified atom stereocenters. The van der Waals surface area contributed by atoms with Gasteiger partial charge in [0.25, 0.3) is 0 Å². The van der Waals surface area contributed by atoms with E-state index < -0.39 is 0 Å². The minimum absolute atomic E-state index is 0.466. The molecule has 0 spiro atoms. The first-order valence-corrected chi connectivity index (χ1v) is 6.28. The van der Waals surface area contributed by atoms with Crippen LogP contribution in [0.15, 0.2) is 42.5 Å². The van der Waals surface area contributed by atoms with E-state index in [9.17, 15) is 0 Å². The van der Waals surface area contributed by atoms with Crippen LogP contribution in [0.5, 0.6) is 11.5 Å². The van der Waals surface area contributed by atoms with Gasteiger partial charge < -0.3 is 15.2 Å². The van der Waals surface area contributed by atoms with E-state index in [0.29, 0.717) is 13.2 Å². The number of benzene rings is 2. The maximum Gasteiger partial charge on any atom is 0.132 e. The molecular weight excluding hydrogens is 238 g/mol. The summed E-state index contributed by atoms with van der Waals surface area (Å²) in [6, 6.07) is 13.9. The van der Waals surface area contributed by atoms with Crippen LogP contribution in [0.4, 0.5) is 0 Å². The molecule has 2 aromatic carbocycles. The average molecular weight is 257 g/mol. The standard InChI is InChI=1S/C16H19NO2/c1-12-6-7-14(10-17)16(8-12)19-15-5-3-4-13(9-15)11-18-2/h3-9H,10-11,17H2,1-2H3. The van der Waals surface area contributed by atoms with Crippen molar-refractivity contribution in [1.82, 2.24) is 0 Å². The minimum Gasteiger partial charge on any atom is -0.457 e. The SMILES string of the molecule is COCc1cccc(Oc2cc(C)ccc2CN)c1. The van der Waals surface area contributed by atoms with Gasteiger partial charge in [0.1, 0.15) is 11.5 Å². The van der Waals surface area contributed by atoms with Gasteiger partial charge in [0.05, 0.1) is 6.61 Å². The Labute approximate surface area is 114 Å². The molecule has 0 saturated carbocycles. The fourth-order valence-corrected chi connectivity index (χ4v) is 1.92. The lowest BCUT2D eigenvalue weighted by Gasteiger charge is -2.12. The molecule has 19 heavy (non-hydrogen) atoms. The molecule has 0 bridgehead atoms. The predicted molar refractivity (Wildman–Crippen MR) is 76.3 cm³/mol. The number of aryl methyl sites for hydroxylation is 1. The van der Waals surface area contributed by atoms with Crippen molar-refractivity contribution in [3.63, 3.8) is 0 Å². The second-order valence-corrected chi connectivity index (χ2v) is 4.50. The molecule has 0 amide bonds. The second kappa shape index (κ2) is 6.36. The van der Waals surface area contributed by atoms with Crippen LogP contribution in [-0.4, -0.2) is 7.11 Å². The van der Waals surface area contributed by atoms with E-state index in [0.717, 1.165) is 28.2 Å². The summed E-state index contributed by atoms with van der Waals surface area (Å²) in [4.78, 5) is 0. The molecule has 100 valence electrons. The summed E-state index contributed by atoms with van der Waals surface area (Å²) in [5.41, 5.74) is 8.97. The smallest absolute Gasteiger partial charge is 0.132 e. The zero-order valence-corrected chi connectivity index (χ0v) is 11.3. The van der Waals surface area contributed by atoms with Crippen molar-refractivity contribution in [1.29, 1.82) is 0 Å². The van der Waals surface area contributed by atoms with Crippen LogP contribution in [0.2, 0.25) is 0 Å². The zero-order valence-electron chi connectivity index (χ0n) is 11.3. The molecule has 0 radical (unpaired) electrons. The van der Waals surface area contributed by atoms with Crippen molar-refractivity contribution in [2.45, 2.75) is 20.1 Å². The van der Waals surface area contributed by atoms with Crippen molar-refractivity contribution in [2.75, 3.05) is 7.11 Å². The maximum atomic E-state index is 5.93. The highest BCUT2D eigenvalue weighted by atomic mass is 16.5. The first kappa shape index (κ1) is 13.6. The monoisotopic (exact) mass is 257 g/mol. The van der Waals surface area contributed by atoms with E-state index in [4.69, 9.17) is 15.2 Å². The van der Waals surface area contributed by atoms with E-state index in [1.807, 2.05) is 49.4 Å². The third-order valence-corrected chi connectivity index (χ3v) is 2.88. The number of hydrogen-bond acceptors (Lipinski definition) is 3. The fourth-order valence-electron chi connectivity index (χ4n) is 1.92. The third-order valence-electron chi connectivity index (χ3n) is 2.88. The molecule has 0 atom stereocenters. The summed E-state index contributed by atoms with van der Waals surface area (Å²) in [5.74, 6) is 1.62. The van der Waals surface area contributed by atoms with Gasteiger partial charge in [-0.05, 0) is 36.2 Å². The summed E-state index contributed by atoms with van der Waals surface area (Å²) >= 11 is 0. The van der Waals surface area contributed by atoms with Crippen molar-refractivity contribution in [2.24, 2.45) is 5.73 Å². The molecule has 2 N–H and O–H groups in total. The Kier molecular flexibility index (Phi) is 4.55. The van der Waals surface area contributed by atoms with Crippen molar-refractivity contribution in [3.05, 3.63) is 59.2 Å². The number of methoxy groups -OCH3 is 1. The van der Waals surface area contributed by atoms with E-state index in [2.05, 4.69) is 0 Å². The Balaban J connectivity index is 2.25. The van der Waals surface area contributed by atoms with Gasteiger partial charge in [-0.1, -0.05) is 24.3 Å². The largest absolute Gasteiger partial charge is 0.457 e. The number of rotatable bonds is 5. The van der Waals surface area contributed by atoms with E-state index in [-0.39, 0.29) is 0 Å². The third kappa shape index (κ3) is 3.56. The predicted octanol–water partition coefficient (Wildman–Crippen LogP) is 3.39. The molecule has 3 nitrogen and oxygen atoms in total. The average Bonchev–Trinajstić information content (AvgIpc) is 2.40. The van der Waals surface area contributed by atoms with Gasteiger partial charge in [-0.25, -0.2) is 0 Å². The lowest BCUT2D eigenvalue weighted by molar-refractivity contribution is 0.184. The van der Waals surface area contributed by atoms with Crippen molar-refractivity contribution >= 4 is 0 Å². The van der Waals surface area contributed by atoms with Crippen LogP contribution in [0.1, 0.15) is 16.7 Å². The summed E-state index contributed by atoms with van der Waals surface area (Å²) in [5, 5.41) is 0. The molecule has 0 heterocycles. The molecule has 0 saturated heterocycles. The van der Waals surface area contributed by atoms with Crippen LogP contribution in [0, 0.1) is 6.92 Å². The van der Waals surface area contributed by atoms with Gasteiger partial charge in [0.15, 0.2) is 0 Å². The van der Waals surface area contributed by atoms with Gasteiger partial charge in [-0.15, -0.1) is 0 Å². The quantitative estimate of drug-likeness (QED) is 0.893. The van der Waals surface area contributed by atoms with Crippen LogP contribution < -0.4 is 10.5 Å². The Morgan fingerprint density at radius 1 is 1.11 bits per heavy atom. The van der Waals surface area contributed by atoms with Crippen LogP contribution in [0.25, 0.3) is 0 Å².